The minimum absolute atomic E-state index is 0.122. The van der Waals surface area contributed by atoms with E-state index in [1.54, 1.807) is 11.8 Å². The molecule has 7 heteroatoms. The normalized spacial score (nSPS) is 16.5. The molecule has 0 spiro atoms. The highest BCUT2D eigenvalue weighted by atomic mass is 32.2. The Labute approximate surface area is 158 Å². The highest BCUT2D eigenvalue weighted by molar-refractivity contribution is 8.00. The highest BCUT2D eigenvalue weighted by Gasteiger charge is 2.22. The van der Waals surface area contributed by atoms with Crippen molar-refractivity contribution in [2.75, 3.05) is 31.9 Å². The summed E-state index contributed by atoms with van der Waals surface area (Å²) in [7, 11) is 0. The Bertz CT molecular complexity index is 743. The van der Waals surface area contributed by atoms with E-state index in [9.17, 15) is 9.59 Å². The maximum atomic E-state index is 12.6. The summed E-state index contributed by atoms with van der Waals surface area (Å²) < 4.78 is 0. The van der Waals surface area contributed by atoms with Gasteiger partial charge in [-0.3, -0.25) is 9.59 Å². The van der Waals surface area contributed by atoms with Crippen molar-refractivity contribution in [3.8, 4) is 0 Å². The Morgan fingerprint density at radius 3 is 2.54 bits per heavy atom. The molecule has 1 aliphatic rings. The average molecular weight is 375 g/mol. The Kier molecular flexibility index (Phi) is 6.19. The van der Waals surface area contributed by atoms with Crippen molar-refractivity contribution < 1.29 is 9.59 Å². The van der Waals surface area contributed by atoms with Crippen LogP contribution in [0.4, 0.5) is 0 Å². The van der Waals surface area contributed by atoms with Gasteiger partial charge in [0.25, 0.3) is 0 Å². The Balaban J connectivity index is 1.52. The van der Waals surface area contributed by atoms with Gasteiger partial charge in [-0.1, -0.05) is 19.1 Å². The number of benzene rings is 1. The quantitative estimate of drug-likeness (QED) is 0.874. The number of aromatic amines is 1. The van der Waals surface area contributed by atoms with Gasteiger partial charge in [-0.15, -0.1) is 11.8 Å². The van der Waals surface area contributed by atoms with Crippen LogP contribution in [-0.4, -0.2) is 63.5 Å². The van der Waals surface area contributed by atoms with Crippen LogP contribution in [0.2, 0.25) is 0 Å². The molecule has 1 aromatic carbocycles. The SMILES string of the molecule is CCC(=O)N1CCCN(C(=O)CSC(C)c2nc3ccccc3[nH]2)CC1. The summed E-state index contributed by atoms with van der Waals surface area (Å²) in [5, 5.41) is 0.122. The van der Waals surface area contributed by atoms with Crippen molar-refractivity contribution in [3.05, 3.63) is 30.1 Å². The van der Waals surface area contributed by atoms with E-state index in [0.717, 1.165) is 36.4 Å². The number of amides is 2. The zero-order valence-corrected chi connectivity index (χ0v) is 16.2. The van der Waals surface area contributed by atoms with E-state index in [1.165, 1.54) is 0 Å². The first-order chi connectivity index (χ1) is 12.6. The number of hydrogen-bond donors (Lipinski definition) is 1. The first-order valence-corrected chi connectivity index (χ1v) is 10.2. The minimum atomic E-state index is 0.122. The number of nitrogens with one attached hydrogen (secondary N) is 1. The molecule has 6 nitrogen and oxygen atoms in total. The van der Waals surface area contributed by atoms with Crippen molar-refractivity contribution in [1.29, 1.82) is 0 Å². The lowest BCUT2D eigenvalue weighted by atomic mass is 10.3. The number of fused-ring (bicyclic) bond motifs is 1. The number of para-hydroxylation sites is 2. The van der Waals surface area contributed by atoms with E-state index < -0.39 is 0 Å². The molecule has 1 unspecified atom stereocenters. The van der Waals surface area contributed by atoms with E-state index in [2.05, 4.69) is 16.9 Å². The summed E-state index contributed by atoms with van der Waals surface area (Å²) >= 11 is 1.60. The third-order valence-corrected chi connectivity index (χ3v) is 5.89. The number of carbonyl (C=O) groups is 2. The van der Waals surface area contributed by atoms with Gasteiger partial charge in [0, 0.05) is 32.6 Å². The Morgan fingerprint density at radius 2 is 1.85 bits per heavy atom. The van der Waals surface area contributed by atoms with Crippen LogP contribution < -0.4 is 0 Å². The second kappa shape index (κ2) is 8.58. The topological polar surface area (TPSA) is 69.3 Å². The number of aromatic nitrogens is 2. The number of hydrogen-bond acceptors (Lipinski definition) is 4. The van der Waals surface area contributed by atoms with Gasteiger partial charge in [0.05, 0.1) is 22.0 Å². The maximum absolute atomic E-state index is 12.6. The van der Waals surface area contributed by atoms with Gasteiger partial charge in [0.1, 0.15) is 5.82 Å². The monoisotopic (exact) mass is 374 g/mol. The summed E-state index contributed by atoms with van der Waals surface area (Å²) in [6.45, 7) is 6.70. The molecule has 2 amide bonds. The third-order valence-electron chi connectivity index (χ3n) is 4.75. The number of imidazole rings is 1. The molecular weight excluding hydrogens is 348 g/mol. The molecule has 0 radical (unpaired) electrons. The molecule has 2 aromatic rings. The fourth-order valence-electron chi connectivity index (χ4n) is 3.17. The molecule has 1 N–H and O–H groups in total. The van der Waals surface area contributed by atoms with Gasteiger partial charge in [-0.2, -0.15) is 0 Å². The average Bonchev–Trinajstić information content (AvgIpc) is 2.94. The number of rotatable bonds is 5. The molecule has 0 bridgehead atoms. The van der Waals surface area contributed by atoms with Crippen LogP contribution in [0.25, 0.3) is 11.0 Å². The molecule has 1 saturated heterocycles. The summed E-state index contributed by atoms with van der Waals surface area (Å²) in [5.74, 6) is 1.65. The van der Waals surface area contributed by atoms with E-state index in [1.807, 2.05) is 41.0 Å². The zero-order chi connectivity index (χ0) is 18.5. The van der Waals surface area contributed by atoms with Gasteiger partial charge in [0.15, 0.2) is 0 Å². The smallest absolute Gasteiger partial charge is 0.232 e. The van der Waals surface area contributed by atoms with Gasteiger partial charge >= 0.3 is 0 Å². The third kappa shape index (κ3) is 4.38. The molecule has 3 rings (SSSR count). The van der Waals surface area contributed by atoms with Crippen LogP contribution in [0.3, 0.4) is 0 Å². The molecule has 1 atom stereocenters. The number of nitrogens with zero attached hydrogens (tertiary/aromatic N) is 3. The summed E-state index contributed by atoms with van der Waals surface area (Å²) in [5.41, 5.74) is 1.98. The van der Waals surface area contributed by atoms with Gasteiger partial charge in [-0.05, 0) is 25.5 Å². The standard InChI is InChI=1S/C19H26N4O2S/c1-3-17(24)22-9-6-10-23(12-11-22)18(25)13-26-14(2)19-20-15-7-4-5-8-16(15)21-19/h4-5,7-8,14H,3,6,9-13H2,1-2H3,(H,20,21). The van der Waals surface area contributed by atoms with Crippen LogP contribution in [0.15, 0.2) is 24.3 Å². The van der Waals surface area contributed by atoms with Gasteiger partial charge in [-0.25, -0.2) is 4.98 Å². The second-order valence-corrected chi connectivity index (χ2v) is 7.89. The first kappa shape index (κ1) is 18.8. The van der Waals surface area contributed by atoms with Crippen LogP contribution in [0.5, 0.6) is 0 Å². The van der Waals surface area contributed by atoms with Crippen LogP contribution in [0, 0.1) is 0 Å². The summed E-state index contributed by atoms with van der Waals surface area (Å²) in [6, 6.07) is 7.95. The first-order valence-electron chi connectivity index (χ1n) is 9.20. The number of H-pyrrole nitrogens is 1. The highest BCUT2D eigenvalue weighted by Crippen LogP contribution is 2.28. The molecule has 1 aromatic heterocycles. The van der Waals surface area contributed by atoms with E-state index >= 15 is 0 Å². The van der Waals surface area contributed by atoms with Crippen molar-refractivity contribution in [2.45, 2.75) is 31.9 Å². The fraction of sp³-hybridized carbons (Fsp3) is 0.526. The van der Waals surface area contributed by atoms with Crippen molar-refractivity contribution in [3.63, 3.8) is 0 Å². The van der Waals surface area contributed by atoms with Crippen molar-refractivity contribution in [1.82, 2.24) is 19.8 Å². The van der Waals surface area contributed by atoms with Crippen molar-refractivity contribution in [2.24, 2.45) is 0 Å². The second-order valence-electron chi connectivity index (χ2n) is 6.56. The van der Waals surface area contributed by atoms with E-state index in [-0.39, 0.29) is 17.1 Å². The van der Waals surface area contributed by atoms with Crippen LogP contribution in [0.1, 0.15) is 37.8 Å². The zero-order valence-electron chi connectivity index (χ0n) is 15.4. The fourth-order valence-corrected chi connectivity index (χ4v) is 4.02. The van der Waals surface area contributed by atoms with Gasteiger partial charge in [0.2, 0.25) is 11.8 Å². The van der Waals surface area contributed by atoms with E-state index in [0.29, 0.717) is 25.3 Å². The number of thioether (sulfide) groups is 1. The van der Waals surface area contributed by atoms with Crippen LogP contribution >= 0.6 is 11.8 Å². The van der Waals surface area contributed by atoms with Gasteiger partial charge < -0.3 is 14.8 Å². The molecule has 1 fully saturated rings. The lowest BCUT2D eigenvalue weighted by Crippen LogP contribution is -2.37. The lowest BCUT2D eigenvalue weighted by molar-refractivity contribution is -0.132. The van der Waals surface area contributed by atoms with Crippen LogP contribution in [-0.2, 0) is 9.59 Å². The Morgan fingerprint density at radius 1 is 1.15 bits per heavy atom. The van der Waals surface area contributed by atoms with E-state index in [4.69, 9.17) is 0 Å². The molecule has 0 saturated carbocycles. The molecule has 2 heterocycles. The molecule has 140 valence electrons. The number of carbonyl (C=O) groups excluding carboxylic acids is 2. The molecule has 0 aliphatic carbocycles. The molecule has 26 heavy (non-hydrogen) atoms. The largest absolute Gasteiger partial charge is 0.341 e. The molecule has 1 aliphatic heterocycles. The Hall–Kier alpha value is -2.02. The summed E-state index contributed by atoms with van der Waals surface area (Å²) in [4.78, 5) is 36.1. The van der Waals surface area contributed by atoms with Crippen molar-refractivity contribution >= 4 is 34.6 Å². The predicted molar refractivity (Wildman–Crippen MR) is 105 cm³/mol. The molecular formula is C19H26N4O2S. The minimum Gasteiger partial charge on any atom is -0.341 e. The summed E-state index contributed by atoms with van der Waals surface area (Å²) in [6.07, 6.45) is 1.38. The predicted octanol–water partition coefficient (Wildman–Crippen LogP) is 2.83. The lowest BCUT2D eigenvalue weighted by Gasteiger charge is -2.22. The maximum Gasteiger partial charge on any atom is 0.232 e.